The molecule has 0 heterocycles. The van der Waals surface area contributed by atoms with Crippen LogP contribution >= 0.6 is 23.2 Å². The summed E-state index contributed by atoms with van der Waals surface area (Å²) in [5.41, 5.74) is 0.756. The number of hydrogen-bond donors (Lipinski definition) is 1. The summed E-state index contributed by atoms with van der Waals surface area (Å²) in [5.74, 6) is -0.481. The number of allylic oxidation sites excluding steroid dienone is 2. The van der Waals surface area contributed by atoms with Gasteiger partial charge in [-0.25, -0.2) is 0 Å². The fourth-order valence-electron chi connectivity index (χ4n) is 2.50. The van der Waals surface area contributed by atoms with Gasteiger partial charge in [-0.3, -0.25) is 9.59 Å². The van der Waals surface area contributed by atoms with Gasteiger partial charge in [0, 0.05) is 10.0 Å². The number of ether oxygens (including phenoxy) is 1. The van der Waals surface area contributed by atoms with E-state index in [-0.39, 0.29) is 30.4 Å². The van der Waals surface area contributed by atoms with Crippen molar-refractivity contribution in [2.24, 2.45) is 5.92 Å². The van der Waals surface area contributed by atoms with E-state index in [1.165, 1.54) is 0 Å². The first-order chi connectivity index (χ1) is 11.0. The van der Waals surface area contributed by atoms with Crippen LogP contribution in [0, 0.1) is 5.92 Å². The van der Waals surface area contributed by atoms with Crippen LogP contribution in [0.1, 0.15) is 37.8 Å². The van der Waals surface area contributed by atoms with Crippen LogP contribution in [0.5, 0.6) is 0 Å². The summed E-state index contributed by atoms with van der Waals surface area (Å²) in [5, 5.41) is 3.76. The molecule has 0 bridgehead atoms. The Morgan fingerprint density at radius 2 is 2.17 bits per heavy atom. The molecule has 0 spiro atoms. The van der Waals surface area contributed by atoms with Crippen molar-refractivity contribution in [2.75, 3.05) is 6.61 Å². The van der Waals surface area contributed by atoms with Crippen molar-refractivity contribution in [3.63, 3.8) is 0 Å². The molecule has 0 radical (unpaired) electrons. The molecule has 1 amide bonds. The van der Waals surface area contributed by atoms with Crippen LogP contribution < -0.4 is 5.32 Å². The van der Waals surface area contributed by atoms with Gasteiger partial charge in [0.15, 0.2) is 6.61 Å². The number of hydrogen-bond acceptors (Lipinski definition) is 3. The van der Waals surface area contributed by atoms with Gasteiger partial charge in [0.25, 0.3) is 5.91 Å². The molecule has 4 nitrogen and oxygen atoms in total. The van der Waals surface area contributed by atoms with Crippen molar-refractivity contribution in [1.82, 2.24) is 5.32 Å². The maximum absolute atomic E-state index is 11.9. The highest BCUT2D eigenvalue weighted by Crippen LogP contribution is 2.26. The van der Waals surface area contributed by atoms with Crippen LogP contribution in [0.25, 0.3) is 0 Å². The van der Waals surface area contributed by atoms with Gasteiger partial charge in [0.1, 0.15) is 0 Å². The molecular formula is C17H19Cl2NO3. The molecule has 0 unspecified atom stereocenters. The summed E-state index contributed by atoms with van der Waals surface area (Å²) >= 11 is 12.0. The second kappa shape index (κ2) is 8.37. The largest absolute Gasteiger partial charge is 0.456 e. The third-order valence-corrected chi connectivity index (χ3v) is 4.27. The van der Waals surface area contributed by atoms with E-state index in [1.807, 2.05) is 6.08 Å². The lowest BCUT2D eigenvalue weighted by molar-refractivity contribution is -0.149. The number of rotatable bonds is 6. The van der Waals surface area contributed by atoms with Crippen LogP contribution in [0.15, 0.2) is 30.4 Å². The molecule has 0 saturated heterocycles. The van der Waals surface area contributed by atoms with Crippen LogP contribution in [-0.4, -0.2) is 18.5 Å². The van der Waals surface area contributed by atoms with E-state index in [1.54, 1.807) is 25.1 Å². The van der Waals surface area contributed by atoms with Gasteiger partial charge in [0.05, 0.1) is 12.5 Å². The molecule has 1 aliphatic rings. The monoisotopic (exact) mass is 355 g/mol. The van der Waals surface area contributed by atoms with E-state index >= 15 is 0 Å². The van der Waals surface area contributed by atoms with Gasteiger partial charge in [-0.2, -0.15) is 0 Å². The first-order valence-corrected chi connectivity index (χ1v) is 8.28. The molecular weight excluding hydrogens is 337 g/mol. The Balaban J connectivity index is 1.77. The van der Waals surface area contributed by atoms with E-state index in [0.29, 0.717) is 16.5 Å². The third kappa shape index (κ3) is 5.56. The number of carbonyl (C=O) groups excluding carboxylic acids is 2. The van der Waals surface area contributed by atoms with Crippen LogP contribution in [0.2, 0.25) is 10.0 Å². The van der Waals surface area contributed by atoms with E-state index in [0.717, 1.165) is 18.4 Å². The molecule has 2 rings (SSSR count). The Kier molecular flexibility index (Phi) is 6.48. The van der Waals surface area contributed by atoms with E-state index in [4.69, 9.17) is 27.9 Å². The summed E-state index contributed by atoms with van der Waals surface area (Å²) in [6.07, 6.45) is 6.36. The highest BCUT2D eigenvalue weighted by Gasteiger charge is 2.17. The molecule has 1 aliphatic carbocycles. The predicted octanol–water partition coefficient (Wildman–Crippen LogP) is 4.07. The number of esters is 1. The fourth-order valence-corrected chi connectivity index (χ4v) is 3.07. The molecule has 0 aromatic heterocycles. The second-order valence-corrected chi connectivity index (χ2v) is 6.43. The molecule has 0 fully saturated rings. The first kappa shape index (κ1) is 17.8. The Morgan fingerprint density at radius 1 is 1.39 bits per heavy atom. The summed E-state index contributed by atoms with van der Waals surface area (Å²) < 4.78 is 5.01. The lowest BCUT2D eigenvalue weighted by Crippen LogP contribution is -2.31. The van der Waals surface area contributed by atoms with Crippen molar-refractivity contribution in [2.45, 2.75) is 32.2 Å². The van der Waals surface area contributed by atoms with Crippen molar-refractivity contribution < 1.29 is 14.3 Å². The lowest BCUT2D eigenvalue weighted by atomic mass is 10.1. The zero-order valence-corrected chi connectivity index (χ0v) is 14.4. The Labute approximate surface area is 145 Å². The van der Waals surface area contributed by atoms with Crippen molar-refractivity contribution in [3.05, 3.63) is 46.0 Å². The van der Waals surface area contributed by atoms with E-state index in [9.17, 15) is 9.59 Å². The number of halogens is 2. The van der Waals surface area contributed by atoms with Gasteiger partial charge in [-0.15, -0.1) is 0 Å². The molecule has 1 N–H and O–H groups in total. The minimum atomic E-state index is -0.362. The molecule has 0 aliphatic heterocycles. The summed E-state index contributed by atoms with van der Waals surface area (Å²) in [6.45, 7) is 1.52. The lowest BCUT2D eigenvalue weighted by Gasteiger charge is -2.16. The van der Waals surface area contributed by atoms with Crippen molar-refractivity contribution in [1.29, 1.82) is 0 Å². The van der Waals surface area contributed by atoms with Gasteiger partial charge < -0.3 is 10.1 Å². The highest BCUT2D eigenvalue weighted by molar-refractivity contribution is 6.35. The topological polar surface area (TPSA) is 55.4 Å². The van der Waals surface area contributed by atoms with E-state index < -0.39 is 0 Å². The minimum absolute atomic E-state index is 0.234. The molecule has 1 aromatic carbocycles. The van der Waals surface area contributed by atoms with Gasteiger partial charge >= 0.3 is 5.97 Å². The van der Waals surface area contributed by atoms with Gasteiger partial charge in [-0.05, 0) is 43.4 Å². The maximum atomic E-state index is 11.9. The molecule has 23 heavy (non-hydrogen) atoms. The smallest absolute Gasteiger partial charge is 0.306 e. The second-order valence-electron chi connectivity index (χ2n) is 5.59. The number of carbonyl (C=O) groups is 2. The average Bonchev–Trinajstić information content (AvgIpc) is 2.97. The molecule has 124 valence electrons. The Bertz CT molecular complexity index is 616. The summed E-state index contributed by atoms with van der Waals surface area (Å²) in [7, 11) is 0. The average molecular weight is 356 g/mol. The third-order valence-electron chi connectivity index (χ3n) is 3.71. The molecule has 0 saturated carbocycles. The first-order valence-electron chi connectivity index (χ1n) is 7.52. The SMILES string of the molecule is C[C@@H](NC(=O)COC(=O)C[C@@H]1C=CCC1)c1ccc(Cl)cc1Cl. The Hall–Kier alpha value is -1.52. The molecule has 6 heteroatoms. The predicted molar refractivity (Wildman–Crippen MR) is 90.5 cm³/mol. The minimum Gasteiger partial charge on any atom is -0.456 e. The summed E-state index contributed by atoms with van der Waals surface area (Å²) in [6, 6.07) is 4.79. The number of nitrogens with one attached hydrogen (secondary N) is 1. The normalized spacial score (nSPS) is 17.8. The van der Waals surface area contributed by atoms with Crippen molar-refractivity contribution in [3.8, 4) is 0 Å². The van der Waals surface area contributed by atoms with Crippen LogP contribution in [-0.2, 0) is 14.3 Å². The molecule has 1 aromatic rings. The number of benzene rings is 1. The van der Waals surface area contributed by atoms with E-state index in [2.05, 4.69) is 11.4 Å². The van der Waals surface area contributed by atoms with Gasteiger partial charge in [0.2, 0.25) is 0 Å². The van der Waals surface area contributed by atoms with Crippen LogP contribution in [0.3, 0.4) is 0 Å². The quantitative estimate of drug-likeness (QED) is 0.618. The van der Waals surface area contributed by atoms with Gasteiger partial charge in [-0.1, -0.05) is 41.4 Å². The van der Waals surface area contributed by atoms with Crippen LogP contribution in [0.4, 0.5) is 0 Å². The molecule has 2 atom stereocenters. The zero-order valence-electron chi connectivity index (χ0n) is 12.9. The maximum Gasteiger partial charge on any atom is 0.306 e. The summed E-state index contributed by atoms with van der Waals surface area (Å²) in [4.78, 5) is 23.6. The fraction of sp³-hybridized carbons (Fsp3) is 0.412. The number of amides is 1. The standard InChI is InChI=1S/C17H19Cl2NO3/c1-11(14-7-6-13(18)9-15(14)19)20-16(21)10-23-17(22)8-12-4-2-3-5-12/h2,4,6-7,9,11-12H,3,5,8,10H2,1H3,(H,20,21)/t11-,12-/m1/s1. The highest BCUT2D eigenvalue weighted by atomic mass is 35.5. The Morgan fingerprint density at radius 3 is 2.83 bits per heavy atom. The van der Waals surface area contributed by atoms with Crippen molar-refractivity contribution >= 4 is 35.1 Å². The zero-order chi connectivity index (χ0) is 16.8.